The highest BCUT2D eigenvalue weighted by Gasteiger charge is 2.47. The summed E-state index contributed by atoms with van der Waals surface area (Å²) in [6, 6.07) is 68.5. The zero-order valence-electron chi connectivity index (χ0n) is 48.5. The van der Waals surface area contributed by atoms with E-state index in [-0.39, 0.29) is 0 Å². The number of hydrogen-bond donors (Lipinski definition) is 0. The molecule has 0 bridgehead atoms. The van der Waals surface area contributed by atoms with Gasteiger partial charge in [0.05, 0.1) is 5.41 Å². The maximum atomic E-state index is 2.53. The quantitative estimate of drug-likeness (QED) is 0.150. The molecule has 8 aromatic carbocycles. The first kappa shape index (κ1) is 60.7. The van der Waals surface area contributed by atoms with E-state index >= 15 is 0 Å². The Balaban J connectivity index is 0.000000806. The van der Waals surface area contributed by atoms with Crippen LogP contribution in [0.2, 0.25) is 0 Å². The van der Waals surface area contributed by atoms with Crippen molar-refractivity contribution in [1.82, 2.24) is 0 Å². The molecule has 0 heterocycles. The van der Waals surface area contributed by atoms with Crippen LogP contribution in [0, 0.1) is 0 Å². The Morgan fingerprint density at radius 1 is 0.315 bits per heavy atom. The predicted octanol–water partition coefficient (Wildman–Crippen LogP) is 21.7. The molecule has 3 aliphatic carbocycles. The van der Waals surface area contributed by atoms with E-state index in [0.717, 1.165) is 25.9 Å². The standard InChI is InChI=1S/C55H44N2.8C2H6/c1-3-56(53-27-15-25-45-43-23-13-11-17-37(43)33-49(45)53)41-29-31-47-48-32-30-42(57(4-2)54-28-16-26-46-44-24-14-12-18-38(44)34-50(46)54)36-52(48)55(51(47)35-41,39-19-7-5-8-20-39)40-21-9-6-10-22-40;8*1-2/h5-32,35-36H,3-4,33-34H2,1-2H3;8*1-2H3. The van der Waals surface area contributed by atoms with Crippen molar-refractivity contribution < 1.29 is 0 Å². The largest absolute Gasteiger partial charge is 0.342 e. The predicted molar refractivity (Wildman–Crippen MR) is 329 cm³/mol. The Bertz CT molecular complexity index is 2640. The zero-order chi connectivity index (χ0) is 54.1. The van der Waals surface area contributed by atoms with E-state index in [2.05, 4.69) is 206 Å². The highest BCUT2D eigenvalue weighted by molar-refractivity contribution is 5.92. The van der Waals surface area contributed by atoms with Crippen LogP contribution in [-0.4, -0.2) is 13.1 Å². The van der Waals surface area contributed by atoms with Crippen molar-refractivity contribution in [3.63, 3.8) is 0 Å². The summed E-state index contributed by atoms with van der Waals surface area (Å²) in [4.78, 5) is 5.07. The third-order valence-corrected chi connectivity index (χ3v) is 13.0. The van der Waals surface area contributed by atoms with Gasteiger partial charge in [-0.2, -0.15) is 0 Å². The van der Waals surface area contributed by atoms with Gasteiger partial charge in [0.15, 0.2) is 0 Å². The van der Waals surface area contributed by atoms with Crippen molar-refractivity contribution in [1.29, 1.82) is 0 Å². The smallest absolute Gasteiger partial charge is 0.0715 e. The third-order valence-electron chi connectivity index (χ3n) is 13.0. The van der Waals surface area contributed by atoms with Gasteiger partial charge >= 0.3 is 0 Å². The maximum Gasteiger partial charge on any atom is 0.0715 e. The summed E-state index contributed by atoms with van der Waals surface area (Å²) in [5, 5.41) is 0. The molecule has 0 saturated carbocycles. The van der Waals surface area contributed by atoms with E-state index in [1.807, 2.05) is 111 Å². The molecule has 0 saturated heterocycles. The fourth-order valence-corrected chi connectivity index (χ4v) is 10.6. The fraction of sp³-hybridized carbons (Fsp3) is 0.324. The summed E-state index contributed by atoms with van der Waals surface area (Å²) >= 11 is 0. The molecule has 2 heteroatoms. The molecule has 0 aliphatic heterocycles. The average molecular weight is 974 g/mol. The van der Waals surface area contributed by atoms with E-state index in [9.17, 15) is 0 Å². The Labute approximate surface area is 446 Å². The van der Waals surface area contributed by atoms with Gasteiger partial charge in [-0.3, -0.25) is 0 Å². The molecule has 11 rings (SSSR count). The summed E-state index contributed by atoms with van der Waals surface area (Å²) in [5.41, 5.74) is 23.4. The molecule has 386 valence electrons. The Morgan fingerprint density at radius 3 is 0.973 bits per heavy atom. The van der Waals surface area contributed by atoms with Crippen molar-refractivity contribution in [3.05, 3.63) is 226 Å². The molecular weight excluding hydrogens is 881 g/mol. The monoisotopic (exact) mass is 973 g/mol. The lowest BCUT2D eigenvalue weighted by molar-refractivity contribution is 0.767. The first-order chi connectivity index (χ1) is 36.2. The van der Waals surface area contributed by atoms with Crippen LogP contribution in [0.1, 0.15) is 169 Å². The zero-order valence-corrected chi connectivity index (χ0v) is 48.5. The highest BCUT2D eigenvalue weighted by Crippen LogP contribution is 2.58. The first-order valence-corrected chi connectivity index (χ1v) is 28.5. The maximum absolute atomic E-state index is 2.53. The minimum Gasteiger partial charge on any atom is -0.342 e. The van der Waals surface area contributed by atoms with Crippen LogP contribution in [0.25, 0.3) is 33.4 Å². The van der Waals surface area contributed by atoms with Crippen molar-refractivity contribution in [2.75, 3.05) is 22.9 Å². The number of nitrogens with zero attached hydrogens (tertiary/aromatic N) is 2. The summed E-state index contributed by atoms with van der Waals surface area (Å²) in [5.74, 6) is 0. The molecule has 73 heavy (non-hydrogen) atoms. The average Bonchev–Trinajstić information content (AvgIpc) is 4.17. The lowest BCUT2D eigenvalue weighted by atomic mass is 9.67. The third kappa shape index (κ3) is 11.8. The molecule has 0 N–H and O–H groups in total. The second-order valence-electron chi connectivity index (χ2n) is 15.7. The van der Waals surface area contributed by atoms with E-state index in [1.54, 1.807) is 0 Å². The van der Waals surface area contributed by atoms with Gasteiger partial charge < -0.3 is 9.80 Å². The van der Waals surface area contributed by atoms with Gasteiger partial charge in [0.1, 0.15) is 0 Å². The van der Waals surface area contributed by atoms with Crippen LogP contribution in [0.3, 0.4) is 0 Å². The van der Waals surface area contributed by atoms with Crippen LogP contribution < -0.4 is 9.80 Å². The Kier molecular flexibility index (Phi) is 25.8. The van der Waals surface area contributed by atoms with Crippen LogP contribution in [0.5, 0.6) is 0 Å². The second-order valence-corrected chi connectivity index (χ2v) is 15.7. The van der Waals surface area contributed by atoms with E-state index in [4.69, 9.17) is 0 Å². The molecular formula is C71H92N2. The molecule has 0 unspecified atom stereocenters. The van der Waals surface area contributed by atoms with Gasteiger partial charge in [-0.05, 0) is 128 Å². The van der Waals surface area contributed by atoms with Crippen molar-refractivity contribution in [2.24, 2.45) is 0 Å². The van der Waals surface area contributed by atoms with Crippen molar-refractivity contribution in [2.45, 2.75) is 143 Å². The molecule has 0 radical (unpaired) electrons. The summed E-state index contributed by atoms with van der Waals surface area (Å²) in [6.45, 7) is 38.3. The molecule has 0 spiro atoms. The van der Waals surface area contributed by atoms with Crippen LogP contribution in [-0.2, 0) is 18.3 Å². The number of anilines is 4. The molecule has 0 amide bonds. The highest BCUT2D eigenvalue weighted by atomic mass is 15.1. The van der Waals surface area contributed by atoms with Crippen molar-refractivity contribution in [3.8, 4) is 33.4 Å². The minimum atomic E-state index is -0.526. The molecule has 0 fully saturated rings. The second kappa shape index (κ2) is 31.1. The Hall–Kier alpha value is -6.64. The normalized spacial score (nSPS) is 11.3. The lowest BCUT2D eigenvalue weighted by Gasteiger charge is -2.35. The number of rotatable bonds is 8. The molecule has 3 aliphatic rings. The van der Waals surface area contributed by atoms with Gasteiger partial charge in [-0.15, -0.1) is 0 Å². The molecule has 8 aromatic rings. The number of hydrogen-bond acceptors (Lipinski definition) is 2. The van der Waals surface area contributed by atoms with Gasteiger partial charge in [0.25, 0.3) is 0 Å². The van der Waals surface area contributed by atoms with Gasteiger partial charge in [-0.1, -0.05) is 256 Å². The van der Waals surface area contributed by atoms with Gasteiger partial charge in [0.2, 0.25) is 0 Å². The lowest BCUT2D eigenvalue weighted by Crippen LogP contribution is -2.29. The number of fused-ring (bicyclic) bond motifs is 9. The number of benzene rings is 8. The summed E-state index contributed by atoms with van der Waals surface area (Å²) in [7, 11) is 0. The van der Waals surface area contributed by atoms with Crippen LogP contribution >= 0.6 is 0 Å². The van der Waals surface area contributed by atoms with E-state index in [1.165, 1.54) is 101 Å². The first-order valence-electron chi connectivity index (χ1n) is 28.5. The SMILES string of the molecule is CC.CC.CC.CC.CC.CC.CC.CC.CCN(c1ccc2c(c1)C(c1ccccc1)(c1ccccc1)c1cc(N(CC)c3cccc4c3Cc3ccccc3-4)ccc1-2)c1cccc2c1Cc1ccccc1-2. The van der Waals surface area contributed by atoms with Crippen LogP contribution in [0.15, 0.2) is 182 Å². The fourth-order valence-electron chi connectivity index (χ4n) is 10.6. The van der Waals surface area contributed by atoms with Gasteiger partial charge in [0, 0.05) is 48.7 Å². The summed E-state index contributed by atoms with van der Waals surface area (Å²) < 4.78 is 0. The topological polar surface area (TPSA) is 6.48 Å². The molecule has 0 atom stereocenters. The molecule has 0 aromatic heterocycles. The minimum absolute atomic E-state index is 0.526. The van der Waals surface area contributed by atoms with Crippen molar-refractivity contribution >= 4 is 22.7 Å². The van der Waals surface area contributed by atoms with Crippen LogP contribution in [0.4, 0.5) is 22.7 Å². The van der Waals surface area contributed by atoms with E-state index in [0.29, 0.717) is 0 Å². The van der Waals surface area contributed by atoms with Gasteiger partial charge in [-0.25, -0.2) is 0 Å². The summed E-state index contributed by atoms with van der Waals surface area (Å²) in [6.07, 6.45) is 1.92. The van der Waals surface area contributed by atoms with E-state index < -0.39 is 5.41 Å². The Morgan fingerprint density at radius 2 is 0.630 bits per heavy atom. The molecule has 2 nitrogen and oxygen atoms in total.